The van der Waals surface area contributed by atoms with Crippen LogP contribution in [0.5, 0.6) is 0 Å². The van der Waals surface area contributed by atoms with E-state index in [4.69, 9.17) is 4.74 Å². The summed E-state index contributed by atoms with van der Waals surface area (Å²) in [6.45, 7) is 11.6. The Morgan fingerprint density at radius 2 is 1.95 bits per heavy atom. The van der Waals surface area contributed by atoms with Gasteiger partial charge in [0.1, 0.15) is 5.60 Å². The Morgan fingerprint density at radius 1 is 1.30 bits per heavy atom. The van der Waals surface area contributed by atoms with Crippen molar-refractivity contribution in [2.24, 2.45) is 5.92 Å². The molecule has 0 aromatic heterocycles. The van der Waals surface area contributed by atoms with Crippen LogP contribution in [0.1, 0.15) is 47.5 Å². The van der Waals surface area contributed by atoms with Gasteiger partial charge in [-0.2, -0.15) is 11.8 Å². The molecule has 0 aliphatic carbocycles. The van der Waals surface area contributed by atoms with Gasteiger partial charge in [-0.1, -0.05) is 13.8 Å². The van der Waals surface area contributed by atoms with Crippen molar-refractivity contribution in [3.63, 3.8) is 0 Å². The Hall–Kier alpha value is -0.420. The molecule has 0 fully saturated rings. The van der Waals surface area contributed by atoms with Gasteiger partial charge in [-0.3, -0.25) is 0 Å². The molecule has 0 bridgehead atoms. The van der Waals surface area contributed by atoms with Crippen LogP contribution in [0.3, 0.4) is 0 Å². The lowest BCUT2D eigenvalue weighted by atomic mass is 10.0. The first-order valence-electron chi connectivity index (χ1n) is 7.43. The van der Waals surface area contributed by atoms with E-state index in [0.29, 0.717) is 18.5 Å². The molecule has 0 aromatic rings. The second kappa shape index (κ2) is 10.3. The summed E-state index contributed by atoms with van der Waals surface area (Å²) in [5.74, 6) is 1.77. The van der Waals surface area contributed by atoms with E-state index in [2.05, 4.69) is 30.7 Å². The number of nitrogens with one attached hydrogen (secondary N) is 2. The van der Waals surface area contributed by atoms with Gasteiger partial charge in [-0.25, -0.2) is 4.79 Å². The summed E-state index contributed by atoms with van der Waals surface area (Å²) in [4.78, 5) is 11.7. The number of carbonyl (C=O) groups is 1. The molecule has 0 aliphatic heterocycles. The van der Waals surface area contributed by atoms with Gasteiger partial charge < -0.3 is 15.4 Å². The molecular formula is C15H32N2O2S. The molecule has 1 atom stereocenters. The highest BCUT2D eigenvalue weighted by atomic mass is 32.2. The molecule has 0 rings (SSSR count). The summed E-state index contributed by atoms with van der Waals surface area (Å²) in [5.41, 5.74) is -0.441. The maximum absolute atomic E-state index is 11.7. The van der Waals surface area contributed by atoms with Crippen LogP contribution in [0, 0.1) is 5.92 Å². The molecule has 1 unspecified atom stereocenters. The van der Waals surface area contributed by atoms with Crippen molar-refractivity contribution < 1.29 is 9.53 Å². The fourth-order valence-electron chi connectivity index (χ4n) is 1.85. The fourth-order valence-corrected chi connectivity index (χ4v) is 2.28. The molecule has 2 N–H and O–H groups in total. The average molecular weight is 305 g/mol. The monoisotopic (exact) mass is 304 g/mol. The van der Waals surface area contributed by atoms with Gasteiger partial charge in [0.25, 0.3) is 0 Å². The molecular weight excluding hydrogens is 272 g/mol. The molecule has 0 spiro atoms. The van der Waals surface area contributed by atoms with Gasteiger partial charge in [-0.15, -0.1) is 0 Å². The first-order chi connectivity index (χ1) is 9.24. The maximum Gasteiger partial charge on any atom is 0.407 e. The van der Waals surface area contributed by atoms with Crippen LogP contribution in [0.2, 0.25) is 0 Å². The molecule has 4 nitrogen and oxygen atoms in total. The van der Waals surface area contributed by atoms with Gasteiger partial charge >= 0.3 is 6.09 Å². The third-order valence-electron chi connectivity index (χ3n) is 2.61. The minimum Gasteiger partial charge on any atom is -0.444 e. The predicted octanol–water partition coefficient (Wildman–Crippen LogP) is 3.27. The second-order valence-corrected chi connectivity index (χ2v) is 7.50. The lowest BCUT2D eigenvalue weighted by Gasteiger charge is -2.23. The first-order valence-corrected chi connectivity index (χ1v) is 8.83. The van der Waals surface area contributed by atoms with Gasteiger partial charge in [0, 0.05) is 12.6 Å². The molecule has 0 saturated heterocycles. The molecule has 20 heavy (non-hydrogen) atoms. The topological polar surface area (TPSA) is 50.4 Å². The smallest absolute Gasteiger partial charge is 0.407 e. The van der Waals surface area contributed by atoms with E-state index in [9.17, 15) is 4.79 Å². The summed E-state index contributed by atoms with van der Waals surface area (Å²) < 4.78 is 5.25. The zero-order chi connectivity index (χ0) is 15.6. The zero-order valence-electron chi connectivity index (χ0n) is 13.9. The van der Waals surface area contributed by atoms with Crippen LogP contribution in [0.15, 0.2) is 0 Å². The summed E-state index contributed by atoms with van der Waals surface area (Å²) in [5, 5.41) is 6.38. The van der Waals surface area contributed by atoms with Crippen molar-refractivity contribution in [1.82, 2.24) is 10.6 Å². The number of thioether (sulfide) groups is 1. The minimum absolute atomic E-state index is 0.310. The molecule has 0 radical (unpaired) electrons. The number of amides is 1. The van der Waals surface area contributed by atoms with Gasteiger partial charge in [-0.05, 0) is 58.1 Å². The average Bonchev–Trinajstić information content (AvgIpc) is 2.28. The van der Waals surface area contributed by atoms with Crippen LogP contribution < -0.4 is 10.6 Å². The van der Waals surface area contributed by atoms with Crippen LogP contribution in [-0.4, -0.2) is 42.8 Å². The quantitative estimate of drug-likeness (QED) is 0.642. The number of hydrogen-bond donors (Lipinski definition) is 2. The second-order valence-electron chi connectivity index (χ2n) is 6.51. The van der Waals surface area contributed by atoms with Crippen LogP contribution in [0.4, 0.5) is 4.79 Å². The largest absolute Gasteiger partial charge is 0.444 e. The van der Waals surface area contributed by atoms with Crippen molar-refractivity contribution >= 4 is 17.9 Å². The van der Waals surface area contributed by atoms with E-state index < -0.39 is 5.60 Å². The van der Waals surface area contributed by atoms with E-state index in [1.54, 1.807) is 0 Å². The molecule has 1 amide bonds. The van der Waals surface area contributed by atoms with Gasteiger partial charge in [0.05, 0.1) is 0 Å². The highest BCUT2D eigenvalue weighted by Crippen LogP contribution is 2.08. The Labute approximate surface area is 128 Å². The standard InChI is InChI=1S/C15H32N2O2S/c1-12(2)10-13(16-8-7-9-20-6)11-17-14(18)19-15(3,4)5/h12-13,16H,7-11H2,1-6H3,(H,17,18). The highest BCUT2D eigenvalue weighted by Gasteiger charge is 2.17. The molecule has 5 heteroatoms. The molecule has 0 saturated carbocycles. The molecule has 0 aliphatic rings. The number of hydrogen-bond acceptors (Lipinski definition) is 4. The van der Waals surface area contributed by atoms with Gasteiger partial charge in [0.15, 0.2) is 0 Å². The van der Waals surface area contributed by atoms with E-state index in [1.165, 1.54) is 5.75 Å². The number of rotatable bonds is 9. The lowest BCUT2D eigenvalue weighted by molar-refractivity contribution is 0.0521. The normalized spacial score (nSPS) is 13.3. The van der Waals surface area contributed by atoms with Crippen molar-refractivity contribution in [2.45, 2.75) is 59.1 Å². The Bertz CT molecular complexity index is 265. The van der Waals surface area contributed by atoms with Crippen molar-refractivity contribution in [1.29, 1.82) is 0 Å². The third-order valence-corrected chi connectivity index (χ3v) is 3.30. The summed E-state index contributed by atoms with van der Waals surface area (Å²) >= 11 is 1.86. The van der Waals surface area contributed by atoms with Crippen molar-refractivity contribution in [3.8, 4) is 0 Å². The van der Waals surface area contributed by atoms with E-state index in [0.717, 1.165) is 19.4 Å². The summed E-state index contributed by atoms with van der Waals surface area (Å²) in [7, 11) is 0. The van der Waals surface area contributed by atoms with E-state index >= 15 is 0 Å². The van der Waals surface area contributed by atoms with E-state index in [-0.39, 0.29) is 6.09 Å². The van der Waals surface area contributed by atoms with Crippen molar-refractivity contribution in [2.75, 3.05) is 25.1 Å². The predicted molar refractivity (Wildman–Crippen MR) is 88.5 cm³/mol. The van der Waals surface area contributed by atoms with Gasteiger partial charge in [0.2, 0.25) is 0 Å². The van der Waals surface area contributed by atoms with Crippen molar-refractivity contribution in [3.05, 3.63) is 0 Å². The Kier molecular flexibility index (Phi) is 10.1. The minimum atomic E-state index is -0.441. The SMILES string of the molecule is CSCCCNC(CNC(=O)OC(C)(C)C)CC(C)C. The Balaban J connectivity index is 4.05. The number of alkyl carbamates (subject to hydrolysis) is 1. The van der Waals surface area contributed by atoms with Crippen LogP contribution in [0.25, 0.3) is 0 Å². The summed E-state index contributed by atoms with van der Waals surface area (Å²) in [6, 6.07) is 0.310. The first kappa shape index (κ1) is 19.6. The fraction of sp³-hybridized carbons (Fsp3) is 0.933. The maximum atomic E-state index is 11.7. The lowest BCUT2D eigenvalue weighted by Crippen LogP contribution is -2.43. The molecule has 0 heterocycles. The third kappa shape index (κ3) is 12.6. The molecule has 120 valence electrons. The zero-order valence-corrected chi connectivity index (χ0v) is 14.7. The van der Waals surface area contributed by atoms with E-state index in [1.807, 2.05) is 32.5 Å². The Morgan fingerprint density at radius 3 is 2.45 bits per heavy atom. The van der Waals surface area contributed by atoms with Crippen LogP contribution in [-0.2, 0) is 4.74 Å². The summed E-state index contributed by atoms with van der Waals surface area (Å²) in [6.07, 6.45) is 3.99. The number of ether oxygens (including phenoxy) is 1. The van der Waals surface area contributed by atoms with Crippen LogP contribution >= 0.6 is 11.8 Å². The molecule has 0 aromatic carbocycles. The highest BCUT2D eigenvalue weighted by molar-refractivity contribution is 7.98. The number of carbonyl (C=O) groups excluding carboxylic acids is 1.